The Morgan fingerprint density at radius 2 is 2.04 bits per heavy atom. The lowest BCUT2D eigenvalue weighted by Crippen LogP contribution is -2.46. The number of carbonyl (C=O) groups is 2. The van der Waals surface area contributed by atoms with E-state index < -0.39 is 0 Å². The summed E-state index contributed by atoms with van der Waals surface area (Å²) in [7, 11) is 1.79. The molecule has 2 heterocycles. The number of aromatic nitrogens is 1. The quantitative estimate of drug-likeness (QED) is 0.829. The highest BCUT2D eigenvalue weighted by atomic mass is 16.5. The summed E-state index contributed by atoms with van der Waals surface area (Å²) in [5, 5.41) is 4.09. The molecule has 1 unspecified atom stereocenters. The van der Waals surface area contributed by atoms with E-state index >= 15 is 0 Å². The van der Waals surface area contributed by atoms with E-state index in [0.29, 0.717) is 37.7 Å². The molecular formula is C20H23N3O3. The van der Waals surface area contributed by atoms with Gasteiger partial charge in [-0.3, -0.25) is 9.59 Å². The van der Waals surface area contributed by atoms with E-state index in [1.807, 2.05) is 41.3 Å². The average molecular weight is 353 g/mol. The molecule has 6 nitrogen and oxygen atoms in total. The lowest BCUT2D eigenvalue weighted by atomic mass is 9.96. The largest absolute Gasteiger partial charge is 0.356 e. The highest BCUT2D eigenvalue weighted by Gasteiger charge is 2.39. The lowest BCUT2D eigenvalue weighted by Gasteiger charge is -2.33. The molecule has 2 amide bonds. The van der Waals surface area contributed by atoms with Crippen molar-refractivity contribution >= 4 is 11.8 Å². The number of rotatable bonds is 5. The number of hydrogen-bond acceptors (Lipinski definition) is 4. The van der Waals surface area contributed by atoms with Gasteiger partial charge in [-0.2, -0.15) is 0 Å². The van der Waals surface area contributed by atoms with Crippen LogP contribution in [0.15, 0.2) is 40.9 Å². The molecule has 1 saturated carbocycles. The monoisotopic (exact) mass is 353 g/mol. The molecular weight excluding hydrogens is 330 g/mol. The third kappa shape index (κ3) is 3.49. The van der Waals surface area contributed by atoms with E-state index in [2.05, 4.69) is 5.16 Å². The second kappa shape index (κ2) is 6.94. The molecule has 1 aliphatic carbocycles. The van der Waals surface area contributed by atoms with Crippen molar-refractivity contribution in [1.82, 2.24) is 15.0 Å². The second-order valence-electron chi connectivity index (χ2n) is 7.26. The van der Waals surface area contributed by atoms with Crippen molar-refractivity contribution in [3.05, 3.63) is 42.1 Å². The topological polar surface area (TPSA) is 66.7 Å². The summed E-state index contributed by atoms with van der Waals surface area (Å²) in [4.78, 5) is 28.4. The van der Waals surface area contributed by atoms with Crippen LogP contribution in [0.5, 0.6) is 0 Å². The van der Waals surface area contributed by atoms with Crippen LogP contribution in [0.3, 0.4) is 0 Å². The summed E-state index contributed by atoms with van der Waals surface area (Å²) in [6, 6.07) is 12.0. The molecule has 1 aromatic carbocycles. The molecule has 4 rings (SSSR count). The number of carbonyl (C=O) groups excluding carboxylic acids is 2. The fraction of sp³-hybridized carbons (Fsp3) is 0.450. The third-order valence-corrected chi connectivity index (χ3v) is 5.17. The van der Waals surface area contributed by atoms with Gasteiger partial charge in [0.1, 0.15) is 5.69 Å². The molecule has 1 aliphatic heterocycles. The minimum Gasteiger partial charge on any atom is -0.356 e. The first kappa shape index (κ1) is 16.8. The molecule has 2 fully saturated rings. The summed E-state index contributed by atoms with van der Waals surface area (Å²) in [6.07, 6.45) is 3.26. The lowest BCUT2D eigenvalue weighted by molar-refractivity contribution is -0.143. The SMILES string of the molecule is CN(Cc1cc(-c2ccccc2)on1)C(=O)C1CCC(=O)N(C2CC2)C1. The van der Waals surface area contributed by atoms with Gasteiger partial charge in [0.2, 0.25) is 11.8 Å². The normalized spacial score (nSPS) is 20.3. The molecule has 0 spiro atoms. The highest BCUT2D eigenvalue weighted by molar-refractivity contribution is 5.84. The van der Waals surface area contributed by atoms with Crippen LogP contribution in [0.1, 0.15) is 31.4 Å². The van der Waals surface area contributed by atoms with Crippen molar-refractivity contribution in [1.29, 1.82) is 0 Å². The van der Waals surface area contributed by atoms with Gasteiger partial charge in [0.15, 0.2) is 5.76 Å². The van der Waals surface area contributed by atoms with Gasteiger partial charge < -0.3 is 14.3 Å². The van der Waals surface area contributed by atoms with Crippen LogP contribution >= 0.6 is 0 Å². The number of amides is 2. The van der Waals surface area contributed by atoms with Crippen molar-refractivity contribution < 1.29 is 14.1 Å². The molecule has 2 aliphatic rings. The fourth-order valence-corrected chi connectivity index (χ4v) is 3.57. The van der Waals surface area contributed by atoms with E-state index in [9.17, 15) is 9.59 Å². The Morgan fingerprint density at radius 1 is 1.27 bits per heavy atom. The number of benzene rings is 1. The summed E-state index contributed by atoms with van der Waals surface area (Å²) < 4.78 is 5.41. The Kier molecular flexibility index (Phi) is 4.49. The molecule has 6 heteroatoms. The van der Waals surface area contributed by atoms with Crippen LogP contribution in [0.4, 0.5) is 0 Å². The van der Waals surface area contributed by atoms with Gasteiger partial charge in [-0.1, -0.05) is 35.5 Å². The van der Waals surface area contributed by atoms with Gasteiger partial charge in [-0.05, 0) is 19.3 Å². The minimum atomic E-state index is -0.112. The van der Waals surface area contributed by atoms with Crippen LogP contribution in [0.2, 0.25) is 0 Å². The minimum absolute atomic E-state index is 0.0763. The Bertz CT molecular complexity index is 798. The maximum atomic E-state index is 12.8. The maximum Gasteiger partial charge on any atom is 0.227 e. The van der Waals surface area contributed by atoms with Crippen LogP contribution in [-0.4, -0.2) is 46.4 Å². The van der Waals surface area contributed by atoms with Crippen molar-refractivity contribution in [3.8, 4) is 11.3 Å². The van der Waals surface area contributed by atoms with Crippen LogP contribution < -0.4 is 0 Å². The molecule has 0 radical (unpaired) electrons. The average Bonchev–Trinajstić information content (AvgIpc) is 3.41. The predicted octanol–water partition coefficient (Wildman–Crippen LogP) is 2.70. The standard InChI is InChI=1S/C20H23N3O3/c1-22(13-16-11-18(26-21-16)14-5-3-2-4-6-14)20(25)15-7-10-19(24)23(12-15)17-8-9-17/h2-6,11,15,17H,7-10,12-13H2,1H3. The van der Waals surface area contributed by atoms with E-state index in [1.54, 1.807) is 11.9 Å². The van der Waals surface area contributed by atoms with E-state index in [1.165, 1.54) is 0 Å². The molecule has 0 N–H and O–H groups in total. The summed E-state index contributed by atoms with van der Waals surface area (Å²) >= 11 is 0. The van der Waals surface area contributed by atoms with Gasteiger partial charge >= 0.3 is 0 Å². The first-order chi connectivity index (χ1) is 12.6. The number of hydrogen-bond donors (Lipinski definition) is 0. The van der Waals surface area contributed by atoms with Crippen molar-refractivity contribution in [3.63, 3.8) is 0 Å². The third-order valence-electron chi connectivity index (χ3n) is 5.17. The molecule has 1 aromatic heterocycles. The Morgan fingerprint density at radius 3 is 2.77 bits per heavy atom. The summed E-state index contributed by atoms with van der Waals surface area (Å²) in [5.41, 5.74) is 1.69. The maximum absolute atomic E-state index is 12.8. The number of nitrogens with zero attached hydrogens (tertiary/aromatic N) is 3. The Balaban J connectivity index is 1.38. The van der Waals surface area contributed by atoms with E-state index in [4.69, 9.17) is 4.52 Å². The van der Waals surface area contributed by atoms with Crippen molar-refractivity contribution in [2.45, 2.75) is 38.3 Å². The van der Waals surface area contributed by atoms with Crippen molar-refractivity contribution in [2.24, 2.45) is 5.92 Å². The molecule has 0 bridgehead atoms. The summed E-state index contributed by atoms with van der Waals surface area (Å²) in [5.74, 6) is 0.860. The molecule has 1 atom stereocenters. The van der Waals surface area contributed by atoms with Gasteiger partial charge in [0.05, 0.1) is 12.5 Å². The highest BCUT2D eigenvalue weighted by Crippen LogP contribution is 2.32. The van der Waals surface area contributed by atoms with E-state index in [-0.39, 0.29) is 17.7 Å². The number of piperidine rings is 1. The predicted molar refractivity (Wildman–Crippen MR) is 95.9 cm³/mol. The zero-order valence-electron chi connectivity index (χ0n) is 14.9. The van der Waals surface area contributed by atoms with E-state index in [0.717, 1.165) is 24.1 Å². The Hall–Kier alpha value is -2.63. The molecule has 26 heavy (non-hydrogen) atoms. The Labute approximate surface area is 152 Å². The van der Waals surface area contributed by atoms with Gasteiger partial charge in [-0.25, -0.2) is 0 Å². The fourth-order valence-electron chi connectivity index (χ4n) is 3.57. The van der Waals surface area contributed by atoms with Crippen LogP contribution in [-0.2, 0) is 16.1 Å². The molecule has 1 saturated heterocycles. The van der Waals surface area contributed by atoms with Gasteiger partial charge in [-0.15, -0.1) is 0 Å². The second-order valence-corrected chi connectivity index (χ2v) is 7.26. The zero-order chi connectivity index (χ0) is 18.1. The van der Waals surface area contributed by atoms with Crippen LogP contribution in [0.25, 0.3) is 11.3 Å². The van der Waals surface area contributed by atoms with Crippen molar-refractivity contribution in [2.75, 3.05) is 13.6 Å². The number of likely N-dealkylation sites (tertiary alicyclic amines) is 1. The van der Waals surface area contributed by atoms with Gasteiger partial charge in [0.25, 0.3) is 0 Å². The summed E-state index contributed by atoms with van der Waals surface area (Å²) in [6.45, 7) is 0.962. The molecule has 136 valence electrons. The first-order valence-corrected chi connectivity index (χ1v) is 9.17. The zero-order valence-corrected chi connectivity index (χ0v) is 14.9. The van der Waals surface area contributed by atoms with Crippen LogP contribution in [0, 0.1) is 5.92 Å². The van der Waals surface area contributed by atoms with Gasteiger partial charge in [0, 0.05) is 37.7 Å². The molecule has 2 aromatic rings. The first-order valence-electron chi connectivity index (χ1n) is 9.17. The smallest absolute Gasteiger partial charge is 0.227 e.